The lowest BCUT2D eigenvalue weighted by Crippen LogP contribution is -2.53. The average molecular weight is 433 g/mol. The van der Waals surface area contributed by atoms with E-state index in [0.717, 1.165) is 63.7 Å². The molecule has 1 aromatic heterocycles. The predicted molar refractivity (Wildman–Crippen MR) is 119 cm³/mol. The SMILES string of the molecule is C[C@@H]1CN(C2CCN(C(=O)CCc3nnc(CCC4CCCCC4)o3)CC2)C[C@H](C)O1. The lowest BCUT2D eigenvalue weighted by atomic mass is 9.86. The number of piperidine rings is 1. The second-order valence-corrected chi connectivity index (χ2v) is 9.96. The van der Waals surface area contributed by atoms with Crippen molar-refractivity contribution in [1.82, 2.24) is 20.0 Å². The zero-order valence-corrected chi connectivity index (χ0v) is 19.4. The number of hydrogen-bond donors (Lipinski definition) is 0. The largest absolute Gasteiger partial charge is 0.425 e. The topological polar surface area (TPSA) is 71.7 Å². The van der Waals surface area contributed by atoms with Gasteiger partial charge in [-0.1, -0.05) is 32.1 Å². The third-order valence-electron chi connectivity index (χ3n) is 7.33. The van der Waals surface area contributed by atoms with Gasteiger partial charge in [-0.05, 0) is 39.0 Å². The van der Waals surface area contributed by atoms with Gasteiger partial charge in [0.25, 0.3) is 0 Å². The molecule has 3 aliphatic rings. The molecule has 0 aromatic carbocycles. The van der Waals surface area contributed by atoms with E-state index in [-0.39, 0.29) is 5.91 Å². The van der Waals surface area contributed by atoms with Crippen LogP contribution in [0.15, 0.2) is 4.42 Å². The number of carbonyl (C=O) groups is 1. The van der Waals surface area contributed by atoms with Gasteiger partial charge in [-0.2, -0.15) is 0 Å². The van der Waals surface area contributed by atoms with E-state index in [1.165, 1.54) is 32.1 Å². The molecule has 31 heavy (non-hydrogen) atoms. The van der Waals surface area contributed by atoms with Crippen molar-refractivity contribution in [2.24, 2.45) is 5.92 Å². The number of carbonyl (C=O) groups excluding carboxylic acids is 1. The van der Waals surface area contributed by atoms with Crippen LogP contribution in [-0.2, 0) is 22.4 Å². The van der Waals surface area contributed by atoms with E-state index in [4.69, 9.17) is 9.15 Å². The molecule has 1 aliphatic carbocycles. The van der Waals surface area contributed by atoms with Gasteiger partial charge in [-0.3, -0.25) is 9.69 Å². The number of aryl methyl sites for hydroxylation is 2. The van der Waals surface area contributed by atoms with Crippen LogP contribution < -0.4 is 0 Å². The van der Waals surface area contributed by atoms with Crippen LogP contribution in [0.25, 0.3) is 0 Å². The van der Waals surface area contributed by atoms with Crippen LogP contribution in [0.2, 0.25) is 0 Å². The lowest BCUT2D eigenvalue weighted by Gasteiger charge is -2.43. The van der Waals surface area contributed by atoms with E-state index in [0.29, 0.717) is 37.0 Å². The minimum absolute atomic E-state index is 0.212. The monoisotopic (exact) mass is 432 g/mol. The van der Waals surface area contributed by atoms with Gasteiger partial charge in [0.15, 0.2) is 0 Å². The van der Waals surface area contributed by atoms with Crippen molar-refractivity contribution in [2.75, 3.05) is 26.2 Å². The summed E-state index contributed by atoms with van der Waals surface area (Å²) in [6, 6.07) is 0.570. The Labute approximate surface area is 186 Å². The number of likely N-dealkylation sites (tertiary alicyclic amines) is 1. The fraction of sp³-hybridized carbons (Fsp3) is 0.875. The van der Waals surface area contributed by atoms with Crippen molar-refractivity contribution in [3.05, 3.63) is 11.8 Å². The molecule has 1 aromatic rings. The predicted octanol–water partition coefficient (Wildman–Crippen LogP) is 3.62. The highest BCUT2D eigenvalue weighted by Gasteiger charge is 2.31. The fourth-order valence-electron chi connectivity index (χ4n) is 5.66. The zero-order valence-electron chi connectivity index (χ0n) is 19.4. The fourth-order valence-corrected chi connectivity index (χ4v) is 5.66. The molecule has 0 radical (unpaired) electrons. The third kappa shape index (κ3) is 6.51. The first-order chi connectivity index (χ1) is 15.1. The van der Waals surface area contributed by atoms with Gasteiger partial charge in [0.2, 0.25) is 17.7 Å². The lowest BCUT2D eigenvalue weighted by molar-refractivity contribution is -0.134. The maximum atomic E-state index is 12.7. The number of amides is 1. The van der Waals surface area contributed by atoms with Crippen LogP contribution in [0.1, 0.15) is 83.4 Å². The molecule has 0 N–H and O–H groups in total. The van der Waals surface area contributed by atoms with Crippen LogP contribution in [0.3, 0.4) is 0 Å². The molecule has 2 aliphatic heterocycles. The Kier molecular flexibility index (Phi) is 7.99. The van der Waals surface area contributed by atoms with Gasteiger partial charge < -0.3 is 14.1 Å². The minimum Gasteiger partial charge on any atom is -0.425 e. The Hall–Kier alpha value is -1.47. The van der Waals surface area contributed by atoms with E-state index in [2.05, 4.69) is 28.9 Å². The summed E-state index contributed by atoms with van der Waals surface area (Å²) in [6.45, 7) is 8.01. The highest BCUT2D eigenvalue weighted by molar-refractivity contribution is 5.76. The molecule has 3 heterocycles. The van der Waals surface area contributed by atoms with Crippen molar-refractivity contribution in [3.8, 4) is 0 Å². The summed E-state index contributed by atoms with van der Waals surface area (Å²) in [7, 11) is 0. The number of rotatable bonds is 7. The summed E-state index contributed by atoms with van der Waals surface area (Å²) in [5, 5.41) is 8.39. The van der Waals surface area contributed by atoms with Crippen molar-refractivity contribution < 1.29 is 13.9 Å². The molecule has 4 rings (SSSR count). The Balaban J connectivity index is 1.16. The first kappa shape index (κ1) is 22.7. The summed E-state index contributed by atoms with van der Waals surface area (Å²) in [4.78, 5) is 17.3. The highest BCUT2D eigenvalue weighted by Crippen LogP contribution is 2.27. The Bertz CT molecular complexity index is 685. The van der Waals surface area contributed by atoms with E-state index >= 15 is 0 Å². The van der Waals surface area contributed by atoms with Gasteiger partial charge in [0.1, 0.15) is 0 Å². The van der Waals surface area contributed by atoms with E-state index in [1.807, 2.05) is 4.90 Å². The molecule has 1 amide bonds. The van der Waals surface area contributed by atoms with Gasteiger partial charge >= 0.3 is 0 Å². The maximum absolute atomic E-state index is 12.7. The van der Waals surface area contributed by atoms with Gasteiger partial charge in [-0.15, -0.1) is 10.2 Å². The number of aromatic nitrogens is 2. The quantitative estimate of drug-likeness (QED) is 0.655. The molecule has 0 spiro atoms. The van der Waals surface area contributed by atoms with Crippen LogP contribution in [-0.4, -0.2) is 70.3 Å². The molecule has 0 bridgehead atoms. The summed E-state index contributed by atoms with van der Waals surface area (Å²) in [5.74, 6) is 2.38. The first-order valence-corrected chi connectivity index (χ1v) is 12.6. The Morgan fingerprint density at radius 3 is 2.26 bits per heavy atom. The Morgan fingerprint density at radius 1 is 0.935 bits per heavy atom. The van der Waals surface area contributed by atoms with Crippen LogP contribution in [0.4, 0.5) is 0 Å². The third-order valence-corrected chi connectivity index (χ3v) is 7.33. The number of hydrogen-bond acceptors (Lipinski definition) is 6. The maximum Gasteiger partial charge on any atom is 0.223 e. The van der Waals surface area contributed by atoms with Gasteiger partial charge in [0.05, 0.1) is 12.2 Å². The second-order valence-electron chi connectivity index (χ2n) is 9.96. The molecule has 2 atom stereocenters. The molecule has 0 unspecified atom stereocenters. The zero-order chi connectivity index (χ0) is 21.6. The van der Waals surface area contributed by atoms with Crippen LogP contribution in [0.5, 0.6) is 0 Å². The summed E-state index contributed by atoms with van der Waals surface area (Å²) in [5.41, 5.74) is 0. The summed E-state index contributed by atoms with van der Waals surface area (Å²) < 4.78 is 11.7. The Morgan fingerprint density at radius 2 is 1.58 bits per heavy atom. The number of ether oxygens (including phenoxy) is 1. The minimum atomic E-state index is 0.212. The average Bonchev–Trinajstić information content (AvgIpc) is 3.24. The standard InChI is InChI=1S/C24H40N4O3/c1-18-16-28(17-19(2)30-18)21-12-14-27(15-13-21)24(29)11-10-23-26-25-22(31-23)9-8-20-6-4-3-5-7-20/h18-21H,3-17H2,1-2H3/t18-,19+. The molecular weight excluding hydrogens is 392 g/mol. The van der Waals surface area contributed by atoms with Crippen molar-refractivity contribution >= 4 is 5.91 Å². The molecule has 7 nitrogen and oxygen atoms in total. The molecule has 174 valence electrons. The van der Waals surface area contributed by atoms with Crippen molar-refractivity contribution in [2.45, 2.75) is 103 Å². The van der Waals surface area contributed by atoms with Gasteiger partial charge in [0, 0.05) is 51.5 Å². The van der Waals surface area contributed by atoms with Crippen molar-refractivity contribution in [3.63, 3.8) is 0 Å². The van der Waals surface area contributed by atoms with E-state index < -0.39 is 0 Å². The normalized spacial score (nSPS) is 27.0. The summed E-state index contributed by atoms with van der Waals surface area (Å²) in [6.07, 6.45) is 12.5. The molecule has 2 saturated heterocycles. The molecule has 3 fully saturated rings. The first-order valence-electron chi connectivity index (χ1n) is 12.6. The van der Waals surface area contributed by atoms with E-state index in [9.17, 15) is 4.79 Å². The second kappa shape index (κ2) is 10.9. The summed E-state index contributed by atoms with van der Waals surface area (Å²) >= 11 is 0. The molecule has 7 heteroatoms. The van der Waals surface area contributed by atoms with E-state index in [1.54, 1.807) is 0 Å². The van der Waals surface area contributed by atoms with Gasteiger partial charge in [-0.25, -0.2) is 0 Å². The van der Waals surface area contributed by atoms with Crippen LogP contribution in [0, 0.1) is 5.92 Å². The van der Waals surface area contributed by atoms with Crippen molar-refractivity contribution in [1.29, 1.82) is 0 Å². The molecular formula is C24H40N4O3. The number of nitrogens with zero attached hydrogens (tertiary/aromatic N) is 4. The highest BCUT2D eigenvalue weighted by atomic mass is 16.5. The van der Waals surface area contributed by atoms with Crippen LogP contribution >= 0.6 is 0 Å². The number of morpholine rings is 1. The smallest absolute Gasteiger partial charge is 0.223 e. The molecule has 1 saturated carbocycles.